The van der Waals surface area contributed by atoms with Gasteiger partial charge in [0, 0.05) is 41.4 Å². The Balaban J connectivity index is 2.01. The highest BCUT2D eigenvalue weighted by atomic mass is 32.2. The van der Waals surface area contributed by atoms with Crippen molar-refractivity contribution in [1.82, 2.24) is 9.80 Å². The molecule has 6 nitrogen and oxygen atoms in total. The average Bonchev–Trinajstić information content (AvgIpc) is 2.89. The molecule has 2 aliphatic rings. The molecule has 19 heavy (non-hydrogen) atoms. The Labute approximate surface area is 115 Å². The molecule has 1 saturated heterocycles. The number of amides is 2. The van der Waals surface area contributed by atoms with Gasteiger partial charge in [0.25, 0.3) is 0 Å². The molecule has 2 rings (SSSR count). The quantitative estimate of drug-likeness (QED) is 0.820. The van der Waals surface area contributed by atoms with E-state index in [1.807, 2.05) is 0 Å². The standard InChI is InChI=1S/C12H20N2O4S/c15-11(16)9-14(10-3-1-2-4-10)12(17)13-5-7-19(18)8-6-13/h10H,1-9H2,(H,15,16). The molecule has 0 radical (unpaired) electrons. The lowest BCUT2D eigenvalue weighted by Gasteiger charge is -2.35. The number of hydrogen-bond acceptors (Lipinski definition) is 3. The third-order valence-corrected chi connectivity index (χ3v) is 5.04. The van der Waals surface area contributed by atoms with E-state index in [1.54, 1.807) is 4.90 Å². The van der Waals surface area contributed by atoms with Gasteiger partial charge in [-0.3, -0.25) is 9.00 Å². The molecule has 0 unspecified atom stereocenters. The molecule has 0 aromatic carbocycles. The Morgan fingerprint density at radius 1 is 1.21 bits per heavy atom. The Hall–Kier alpha value is -1.11. The van der Waals surface area contributed by atoms with Gasteiger partial charge in [-0.25, -0.2) is 4.79 Å². The highest BCUT2D eigenvalue weighted by Crippen LogP contribution is 2.24. The highest BCUT2D eigenvalue weighted by molar-refractivity contribution is 7.85. The van der Waals surface area contributed by atoms with E-state index < -0.39 is 16.8 Å². The van der Waals surface area contributed by atoms with E-state index in [0.29, 0.717) is 24.6 Å². The van der Waals surface area contributed by atoms with Gasteiger partial charge in [-0.1, -0.05) is 12.8 Å². The van der Waals surface area contributed by atoms with Gasteiger partial charge in [0.2, 0.25) is 0 Å². The predicted octanol–water partition coefficient (Wildman–Crippen LogP) is 0.500. The van der Waals surface area contributed by atoms with Gasteiger partial charge in [-0.2, -0.15) is 0 Å². The van der Waals surface area contributed by atoms with Crippen molar-refractivity contribution in [3.8, 4) is 0 Å². The second-order valence-corrected chi connectivity index (χ2v) is 6.77. The molecule has 0 aromatic heterocycles. The Kier molecular flexibility index (Phi) is 4.79. The molecule has 1 saturated carbocycles. The van der Waals surface area contributed by atoms with Crippen LogP contribution in [0.15, 0.2) is 0 Å². The molecule has 2 amide bonds. The third-order valence-electron chi connectivity index (χ3n) is 3.77. The maximum atomic E-state index is 12.4. The Bertz CT molecular complexity index is 372. The van der Waals surface area contributed by atoms with Crippen LogP contribution in [0.3, 0.4) is 0 Å². The SMILES string of the molecule is O=C(O)CN(C(=O)N1CCS(=O)CC1)C1CCCC1. The summed E-state index contributed by atoms with van der Waals surface area (Å²) in [4.78, 5) is 26.5. The number of carboxylic acids is 1. The van der Waals surface area contributed by atoms with Crippen molar-refractivity contribution in [2.45, 2.75) is 31.7 Å². The number of rotatable bonds is 3. The summed E-state index contributed by atoms with van der Waals surface area (Å²) in [6.45, 7) is 0.700. The lowest BCUT2D eigenvalue weighted by atomic mass is 10.2. The molecule has 0 aromatic rings. The summed E-state index contributed by atoms with van der Waals surface area (Å²) in [5, 5.41) is 8.97. The van der Waals surface area contributed by atoms with Crippen LogP contribution >= 0.6 is 0 Å². The van der Waals surface area contributed by atoms with Crippen molar-refractivity contribution in [3.05, 3.63) is 0 Å². The lowest BCUT2D eigenvalue weighted by Crippen LogP contribution is -2.52. The predicted molar refractivity (Wildman–Crippen MR) is 71.4 cm³/mol. The molecule has 0 bridgehead atoms. The molecule has 1 aliphatic heterocycles. The normalized spacial score (nSPS) is 21.6. The minimum Gasteiger partial charge on any atom is -0.480 e. The fraction of sp³-hybridized carbons (Fsp3) is 0.833. The lowest BCUT2D eigenvalue weighted by molar-refractivity contribution is -0.138. The second kappa shape index (κ2) is 6.36. The van der Waals surface area contributed by atoms with Crippen molar-refractivity contribution in [2.75, 3.05) is 31.1 Å². The summed E-state index contributed by atoms with van der Waals surface area (Å²) in [7, 11) is -0.832. The van der Waals surface area contributed by atoms with E-state index in [0.717, 1.165) is 25.7 Å². The minimum atomic E-state index is -0.971. The molecule has 2 fully saturated rings. The van der Waals surface area contributed by atoms with Crippen LogP contribution in [0.25, 0.3) is 0 Å². The maximum Gasteiger partial charge on any atom is 0.323 e. The van der Waals surface area contributed by atoms with Crippen LogP contribution in [0.4, 0.5) is 4.79 Å². The molecule has 1 aliphatic carbocycles. The van der Waals surface area contributed by atoms with Crippen molar-refractivity contribution in [2.24, 2.45) is 0 Å². The largest absolute Gasteiger partial charge is 0.480 e. The van der Waals surface area contributed by atoms with Crippen molar-refractivity contribution < 1.29 is 18.9 Å². The number of aliphatic carboxylic acids is 1. The molecular formula is C12H20N2O4S. The first kappa shape index (κ1) is 14.3. The molecule has 1 N–H and O–H groups in total. The zero-order chi connectivity index (χ0) is 13.8. The van der Waals surface area contributed by atoms with Crippen LogP contribution < -0.4 is 0 Å². The third kappa shape index (κ3) is 3.68. The number of carbonyl (C=O) groups is 2. The number of nitrogens with zero attached hydrogens (tertiary/aromatic N) is 2. The first-order valence-electron chi connectivity index (χ1n) is 6.70. The number of hydrogen-bond donors (Lipinski definition) is 1. The zero-order valence-corrected chi connectivity index (χ0v) is 11.7. The van der Waals surface area contributed by atoms with Crippen LogP contribution in [-0.4, -0.2) is 68.3 Å². The molecule has 1 heterocycles. The summed E-state index contributed by atoms with van der Waals surface area (Å²) < 4.78 is 11.3. The summed E-state index contributed by atoms with van der Waals surface area (Å²) in [6, 6.07) is -0.151. The van der Waals surface area contributed by atoms with E-state index in [-0.39, 0.29) is 18.6 Å². The zero-order valence-electron chi connectivity index (χ0n) is 10.9. The fourth-order valence-corrected chi connectivity index (χ4v) is 3.78. The van der Waals surface area contributed by atoms with Crippen LogP contribution in [0.5, 0.6) is 0 Å². The van der Waals surface area contributed by atoms with E-state index >= 15 is 0 Å². The van der Waals surface area contributed by atoms with Gasteiger partial charge in [0.05, 0.1) is 0 Å². The smallest absolute Gasteiger partial charge is 0.323 e. The van der Waals surface area contributed by atoms with E-state index in [1.165, 1.54) is 4.90 Å². The maximum absolute atomic E-state index is 12.4. The number of carbonyl (C=O) groups excluding carboxylic acids is 1. The van der Waals surface area contributed by atoms with Gasteiger partial charge in [-0.15, -0.1) is 0 Å². The first-order chi connectivity index (χ1) is 9.08. The van der Waals surface area contributed by atoms with Crippen LogP contribution in [0, 0.1) is 0 Å². The van der Waals surface area contributed by atoms with E-state index in [4.69, 9.17) is 5.11 Å². The van der Waals surface area contributed by atoms with Crippen molar-refractivity contribution in [3.63, 3.8) is 0 Å². The minimum absolute atomic E-state index is 0.0519. The topological polar surface area (TPSA) is 77.9 Å². The summed E-state index contributed by atoms with van der Waals surface area (Å²) in [6.07, 6.45) is 3.88. The highest BCUT2D eigenvalue weighted by Gasteiger charge is 2.32. The molecule has 7 heteroatoms. The Morgan fingerprint density at radius 2 is 1.79 bits per heavy atom. The van der Waals surface area contributed by atoms with Gasteiger partial charge < -0.3 is 14.9 Å². The number of urea groups is 1. The second-order valence-electron chi connectivity index (χ2n) is 5.08. The van der Waals surface area contributed by atoms with E-state index in [9.17, 15) is 13.8 Å². The van der Waals surface area contributed by atoms with Crippen molar-refractivity contribution >= 4 is 22.8 Å². The van der Waals surface area contributed by atoms with Gasteiger partial charge in [0.15, 0.2) is 0 Å². The first-order valence-corrected chi connectivity index (χ1v) is 8.19. The molecular weight excluding hydrogens is 268 g/mol. The van der Waals surface area contributed by atoms with Gasteiger partial charge in [-0.05, 0) is 12.8 Å². The van der Waals surface area contributed by atoms with Gasteiger partial charge in [0.1, 0.15) is 6.54 Å². The van der Waals surface area contributed by atoms with Crippen LogP contribution in [0.1, 0.15) is 25.7 Å². The molecule has 108 valence electrons. The Morgan fingerprint density at radius 3 is 2.32 bits per heavy atom. The monoisotopic (exact) mass is 288 g/mol. The van der Waals surface area contributed by atoms with Crippen molar-refractivity contribution in [1.29, 1.82) is 0 Å². The van der Waals surface area contributed by atoms with Crippen LogP contribution in [0.2, 0.25) is 0 Å². The summed E-state index contributed by atoms with van der Waals surface area (Å²) in [5.74, 6) is 0.0232. The summed E-state index contributed by atoms with van der Waals surface area (Å²) >= 11 is 0. The summed E-state index contributed by atoms with van der Waals surface area (Å²) in [5.41, 5.74) is 0. The molecule has 0 atom stereocenters. The van der Waals surface area contributed by atoms with E-state index in [2.05, 4.69) is 0 Å². The average molecular weight is 288 g/mol. The molecule has 0 spiro atoms. The van der Waals surface area contributed by atoms with Gasteiger partial charge >= 0.3 is 12.0 Å². The van der Waals surface area contributed by atoms with Crippen LogP contribution in [-0.2, 0) is 15.6 Å². The number of carboxylic acid groups (broad SMARTS) is 1. The fourth-order valence-electron chi connectivity index (χ4n) is 2.73.